The van der Waals surface area contributed by atoms with Crippen molar-refractivity contribution in [2.75, 3.05) is 13.3 Å². The van der Waals surface area contributed by atoms with E-state index in [-0.39, 0.29) is 6.79 Å². The third-order valence-corrected chi connectivity index (χ3v) is 3.31. The van der Waals surface area contributed by atoms with E-state index in [1.165, 1.54) is 0 Å². The number of hydrogen-bond acceptors (Lipinski definition) is 4. The Morgan fingerprint density at radius 1 is 1.33 bits per heavy atom. The average molecular weight is 310 g/mol. The molecule has 0 fully saturated rings. The van der Waals surface area contributed by atoms with Crippen molar-refractivity contribution in [1.29, 1.82) is 0 Å². The third-order valence-electron chi connectivity index (χ3n) is 2.74. The van der Waals surface area contributed by atoms with E-state index in [0.717, 1.165) is 39.6 Å². The molecule has 1 aliphatic rings. The van der Waals surface area contributed by atoms with E-state index >= 15 is 0 Å². The van der Waals surface area contributed by atoms with Crippen LogP contribution in [0.2, 0.25) is 0 Å². The van der Waals surface area contributed by atoms with Crippen molar-refractivity contribution < 1.29 is 9.47 Å². The Hall–Kier alpha value is -1.53. The zero-order valence-corrected chi connectivity index (χ0v) is 11.2. The van der Waals surface area contributed by atoms with Crippen LogP contribution in [-0.2, 0) is 6.42 Å². The normalized spacial score (nSPS) is 13.0. The number of rotatable bonds is 3. The summed E-state index contributed by atoms with van der Waals surface area (Å²) in [4.78, 5) is 7.68. The van der Waals surface area contributed by atoms with Crippen LogP contribution in [0, 0.1) is 0 Å². The maximum atomic E-state index is 5.52. The van der Waals surface area contributed by atoms with Gasteiger partial charge in [-0.1, -0.05) is 0 Å². The number of nitrogens with one attached hydrogen (secondary N) is 1. The summed E-state index contributed by atoms with van der Waals surface area (Å²) in [6.45, 7) is 0.847. The second-order valence-corrected chi connectivity index (χ2v) is 4.75. The van der Waals surface area contributed by atoms with E-state index < -0.39 is 0 Å². The first kappa shape index (κ1) is 11.6. The largest absolute Gasteiger partial charge is 0.454 e. The molecule has 0 bridgehead atoms. The average Bonchev–Trinajstić information content (AvgIpc) is 2.95. The lowest BCUT2D eigenvalue weighted by molar-refractivity contribution is 0.174. The van der Waals surface area contributed by atoms with Crippen LogP contribution in [-0.4, -0.2) is 23.3 Å². The van der Waals surface area contributed by atoms with Gasteiger partial charge in [0.2, 0.25) is 6.79 Å². The number of nitrogens with two attached hydrogens (primary N) is 1. The van der Waals surface area contributed by atoms with Crippen molar-refractivity contribution in [1.82, 2.24) is 9.97 Å². The third kappa shape index (κ3) is 1.97. The van der Waals surface area contributed by atoms with Gasteiger partial charge in [-0.25, -0.2) is 4.98 Å². The molecule has 0 unspecified atom stereocenters. The minimum absolute atomic E-state index is 0.277. The lowest BCUT2D eigenvalue weighted by atomic mass is 10.1. The van der Waals surface area contributed by atoms with Gasteiger partial charge >= 0.3 is 0 Å². The predicted octanol–water partition coefficient (Wildman–Crippen LogP) is 2.07. The number of fused-ring (bicyclic) bond motifs is 1. The van der Waals surface area contributed by atoms with Crippen molar-refractivity contribution in [3.8, 4) is 22.8 Å². The number of imidazole rings is 1. The molecule has 3 rings (SSSR count). The van der Waals surface area contributed by atoms with Gasteiger partial charge in [0.25, 0.3) is 0 Å². The van der Waals surface area contributed by atoms with Crippen LogP contribution in [0.4, 0.5) is 0 Å². The molecule has 0 amide bonds. The molecule has 2 aromatic rings. The number of H-pyrrole nitrogens is 1. The highest BCUT2D eigenvalue weighted by molar-refractivity contribution is 9.10. The van der Waals surface area contributed by atoms with Gasteiger partial charge in [0.1, 0.15) is 16.1 Å². The van der Waals surface area contributed by atoms with Crippen LogP contribution in [0.3, 0.4) is 0 Å². The Morgan fingerprint density at radius 3 is 3.00 bits per heavy atom. The number of hydrogen-bond donors (Lipinski definition) is 2. The van der Waals surface area contributed by atoms with Gasteiger partial charge in [0.05, 0.1) is 0 Å². The monoisotopic (exact) mass is 309 g/mol. The summed E-state index contributed by atoms with van der Waals surface area (Å²) in [7, 11) is 0. The summed E-state index contributed by atoms with van der Waals surface area (Å²) >= 11 is 3.47. The smallest absolute Gasteiger partial charge is 0.231 e. The minimum Gasteiger partial charge on any atom is -0.454 e. The fraction of sp³-hybridized carbons (Fsp3) is 0.250. The summed E-state index contributed by atoms with van der Waals surface area (Å²) < 4.78 is 11.5. The topological polar surface area (TPSA) is 73.2 Å². The molecule has 1 aromatic carbocycles. The van der Waals surface area contributed by atoms with Crippen LogP contribution in [0.1, 0.15) is 5.82 Å². The summed E-state index contributed by atoms with van der Waals surface area (Å²) in [5, 5.41) is 0. The van der Waals surface area contributed by atoms with E-state index in [9.17, 15) is 0 Å². The van der Waals surface area contributed by atoms with E-state index in [1.807, 2.05) is 18.2 Å². The van der Waals surface area contributed by atoms with Crippen molar-refractivity contribution in [3.63, 3.8) is 0 Å². The molecule has 1 aromatic heterocycles. The summed E-state index contributed by atoms with van der Waals surface area (Å²) in [5.41, 5.74) is 7.36. The molecule has 5 nitrogen and oxygen atoms in total. The Labute approximate surface area is 112 Å². The molecule has 0 saturated carbocycles. The Morgan fingerprint density at radius 2 is 2.17 bits per heavy atom. The van der Waals surface area contributed by atoms with E-state index in [2.05, 4.69) is 25.9 Å². The minimum atomic E-state index is 0.277. The first-order valence-electron chi connectivity index (χ1n) is 5.62. The molecule has 0 radical (unpaired) electrons. The van der Waals surface area contributed by atoms with Gasteiger partial charge in [-0.05, 0) is 40.7 Å². The highest BCUT2D eigenvalue weighted by atomic mass is 79.9. The van der Waals surface area contributed by atoms with Crippen LogP contribution >= 0.6 is 15.9 Å². The number of ether oxygens (including phenoxy) is 2. The molecule has 18 heavy (non-hydrogen) atoms. The van der Waals surface area contributed by atoms with Crippen molar-refractivity contribution in [2.24, 2.45) is 5.73 Å². The number of aromatic nitrogens is 2. The molecule has 2 heterocycles. The zero-order chi connectivity index (χ0) is 12.5. The fourth-order valence-electron chi connectivity index (χ4n) is 1.89. The Kier molecular flexibility index (Phi) is 2.97. The molecule has 1 aliphatic heterocycles. The summed E-state index contributed by atoms with van der Waals surface area (Å²) in [6, 6.07) is 5.78. The highest BCUT2D eigenvalue weighted by Crippen LogP contribution is 2.37. The molecule has 0 spiro atoms. The van der Waals surface area contributed by atoms with Crippen molar-refractivity contribution in [3.05, 3.63) is 28.6 Å². The summed E-state index contributed by atoms with van der Waals surface area (Å²) in [6.07, 6.45) is 0.725. The van der Waals surface area contributed by atoms with Crippen LogP contribution < -0.4 is 15.2 Å². The first-order chi connectivity index (χ1) is 8.78. The molecule has 6 heteroatoms. The molecular formula is C12H12BrN3O2. The lowest BCUT2D eigenvalue weighted by Crippen LogP contribution is -2.03. The SMILES string of the molecule is NCCc1nc(-c2ccc3c(c2)OCO3)c(Br)[nH]1. The molecule has 0 aliphatic carbocycles. The number of benzene rings is 1. The highest BCUT2D eigenvalue weighted by Gasteiger charge is 2.16. The molecule has 0 saturated heterocycles. The maximum absolute atomic E-state index is 5.52. The maximum Gasteiger partial charge on any atom is 0.231 e. The Balaban J connectivity index is 1.99. The molecule has 0 atom stereocenters. The van der Waals surface area contributed by atoms with Gasteiger partial charge in [-0.15, -0.1) is 0 Å². The Bertz CT molecular complexity index is 583. The van der Waals surface area contributed by atoms with Gasteiger partial charge in [0.15, 0.2) is 11.5 Å². The zero-order valence-electron chi connectivity index (χ0n) is 9.57. The van der Waals surface area contributed by atoms with Crippen molar-refractivity contribution in [2.45, 2.75) is 6.42 Å². The van der Waals surface area contributed by atoms with Crippen molar-refractivity contribution >= 4 is 15.9 Å². The van der Waals surface area contributed by atoms with E-state index in [1.54, 1.807) is 0 Å². The lowest BCUT2D eigenvalue weighted by Gasteiger charge is -2.00. The van der Waals surface area contributed by atoms with E-state index in [4.69, 9.17) is 15.2 Å². The standard InChI is InChI=1S/C12H12BrN3O2/c13-12-11(15-10(16-12)3-4-14)7-1-2-8-9(5-7)18-6-17-8/h1-2,5H,3-4,6,14H2,(H,15,16). The quantitative estimate of drug-likeness (QED) is 0.910. The number of halogens is 1. The summed E-state index contributed by atoms with van der Waals surface area (Å²) in [5.74, 6) is 2.40. The van der Waals surface area contributed by atoms with Crippen LogP contribution in [0.15, 0.2) is 22.8 Å². The van der Waals surface area contributed by atoms with Crippen LogP contribution in [0.25, 0.3) is 11.3 Å². The number of aromatic amines is 1. The first-order valence-corrected chi connectivity index (χ1v) is 6.41. The number of nitrogens with zero attached hydrogens (tertiary/aromatic N) is 1. The predicted molar refractivity (Wildman–Crippen MR) is 70.6 cm³/mol. The fourth-order valence-corrected chi connectivity index (χ4v) is 2.43. The van der Waals surface area contributed by atoms with Gasteiger partial charge in [0, 0.05) is 12.0 Å². The molecule has 3 N–H and O–H groups in total. The molecular weight excluding hydrogens is 298 g/mol. The van der Waals surface area contributed by atoms with Gasteiger partial charge in [-0.2, -0.15) is 0 Å². The van der Waals surface area contributed by atoms with Crippen LogP contribution in [0.5, 0.6) is 11.5 Å². The van der Waals surface area contributed by atoms with Gasteiger partial charge in [-0.3, -0.25) is 0 Å². The van der Waals surface area contributed by atoms with Gasteiger partial charge < -0.3 is 20.2 Å². The second kappa shape index (κ2) is 4.62. The van der Waals surface area contributed by atoms with E-state index in [0.29, 0.717) is 6.54 Å². The molecule has 94 valence electrons. The second-order valence-electron chi connectivity index (χ2n) is 3.95.